The Morgan fingerprint density at radius 3 is 2.10 bits per heavy atom. The Kier molecular flexibility index (Phi) is 4.03. The van der Waals surface area contributed by atoms with E-state index < -0.39 is 5.60 Å². The third kappa shape index (κ3) is 3.85. The maximum atomic E-state index is 12.0. The molecular formula is C18H21NO2. The standard InChI is InChI=1S/C18H21NO2/c1-12-5-6-15(11-16(12)19)13-7-9-14(10-8-13)17(20)21-18(2,3)4/h5-11H,19H2,1-4H3. The molecule has 3 heteroatoms. The zero-order chi connectivity index (χ0) is 15.6. The van der Waals surface area contributed by atoms with Crippen molar-refractivity contribution in [3.63, 3.8) is 0 Å². The average Bonchev–Trinajstić information content (AvgIpc) is 2.40. The van der Waals surface area contributed by atoms with Crippen LogP contribution in [0.25, 0.3) is 11.1 Å². The number of ether oxygens (including phenoxy) is 1. The average molecular weight is 283 g/mol. The van der Waals surface area contributed by atoms with Gasteiger partial charge in [0.15, 0.2) is 0 Å². The number of hydrogen-bond donors (Lipinski definition) is 1. The Bertz CT molecular complexity index is 652. The van der Waals surface area contributed by atoms with E-state index in [2.05, 4.69) is 0 Å². The Morgan fingerprint density at radius 1 is 1.00 bits per heavy atom. The summed E-state index contributed by atoms with van der Waals surface area (Å²) in [4.78, 5) is 12.0. The minimum Gasteiger partial charge on any atom is -0.456 e. The highest BCUT2D eigenvalue weighted by atomic mass is 16.6. The number of nitrogen functional groups attached to an aromatic ring is 1. The Balaban J connectivity index is 2.22. The summed E-state index contributed by atoms with van der Waals surface area (Å²) >= 11 is 0. The van der Waals surface area contributed by atoms with Crippen molar-refractivity contribution in [2.75, 3.05) is 5.73 Å². The number of nitrogens with two attached hydrogens (primary N) is 1. The number of benzene rings is 2. The van der Waals surface area contributed by atoms with E-state index in [1.165, 1.54) is 0 Å². The van der Waals surface area contributed by atoms with Gasteiger partial charge in [-0.05, 0) is 62.6 Å². The lowest BCUT2D eigenvalue weighted by atomic mass is 10.0. The van der Waals surface area contributed by atoms with E-state index in [1.54, 1.807) is 12.1 Å². The van der Waals surface area contributed by atoms with Gasteiger partial charge < -0.3 is 10.5 Å². The van der Waals surface area contributed by atoms with Gasteiger partial charge >= 0.3 is 5.97 Å². The van der Waals surface area contributed by atoms with Crippen molar-refractivity contribution in [2.45, 2.75) is 33.3 Å². The van der Waals surface area contributed by atoms with Crippen LogP contribution in [-0.4, -0.2) is 11.6 Å². The second-order valence-corrected chi connectivity index (χ2v) is 6.15. The van der Waals surface area contributed by atoms with E-state index in [-0.39, 0.29) is 5.97 Å². The monoisotopic (exact) mass is 283 g/mol. The lowest BCUT2D eigenvalue weighted by molar-refractivity contribution is 0.00696. The van der Waals surface area contributed by atoms with Crippen molar-refractivity contribution in [1.29, 1.82) is 0 Å². The van der Waals surface area contributed by atoms with Gasteiger partial charge in [-0.3, -0.25) is 0 Å². The molecule has 0 aliphatic carbocycles. The molecule has 0 saturated carbocycles. The van der Waals surface area contributed by atoms with Crippen molar-refractivity contribution in [2.24, 2.45) is 0 Å². The van der Waals surface area contributed by atoms with Gasteiger partial charge in [0.05, 0.1) is 5.56 Å². The summed E-state index contributed by atoms with van der Waals surface area (Å²) < 4.78 is 5.35. The van der Waals surface area contributed by atoms with E-state index >= 15 is 0 Å². The molecule has 0 amide bonds. The zero-order valence-corrected chi connectivity index (χ0v) is 12.9. The molecule has 0 atom stereocenters. The number of aryl methyl sites for hydroxylation is 1. The number of carbonyl (C=O) groups is 1. The number of hydrogen-bond acceptors (Lipinski definition) is 3. The molecule has 3 nitrogen and oxygen atoms in total. The minimum atomic E-state index is -0.485. The van der Waals surface area contributed by atoms with Gasteiger partial charge in [-0.25, -0.2) is 4.79 Å². The van der Waals surface area contributed by atoms with E-state index in [0.717, 1.165) is 22.4 Å². The summed E-state index contributed by atoms with van der Waals surface area (Å²) in [5.74, 6) is -0.308. The third-order valence-electron chi connectivity index (χ3n) is 3.13. The summed E-state index contributed by atoms with van der Waals surface area (Å²) in [6.07, 6.45) is 0. The van der Waals surface area contributed by atoms with Gasteiger partial charge in [0.2, 0.25) is 0 Å². The maximum absolute atomic E-state index is 12.0. The summed E-state index contributed by atoms with van der Waals surface area (Å²) in [7, 11) is 0. The Labute approximate surface area is 125 Å². The van der Waals surface area contributed by atoms with Crippen molar-refractivity contribution < 1.29 is 9.53 Å². The normalized spacial score (nSPS) is 11.2. The van der Waals surface area contributed by atoms with E-state index in [9.17, 15) is 4.79 Å². The van der Waals surface area contributed by atoms with Crippen LogP contribution in [0, 0.1) is 6.92 Å². The van der Waals surface area contributed by atoms with Crippen LogP contribution in [0.3, 0.4) is 0 Å². The van der Waals surface area contributed by atoms with Crippen LogP contribution in [0.5, 0.6) is 0 Å². The summed E-state index contributed by atoms with van der Waals surface area (Å²) in [5.41, 5.74) is 9.88. The summed E-state index contributed by atoms with van der Waals surface area (Å²) in [6, 6.07) is 13.3. The first-order valence-electron chi connectivity index (χ1n) is 6.96. The number of rotatable bonds is 2. The van der Waals surface area contributed by atoms with E-state index in [1.807, 2.05) is 58.0 Å². The molecule has 0 spiro atoms. The molecule has 2 aromatic carbocycles. The molecule has 0 unspecified atom stereocenters. The van der Waals surface area contributed by atoms with Crippen LogP contribution >= 0.6 is 0 Å². The lowest BCUT2D eigenvalue weighted by Gasteiger charge is -2.19. The van der Waals surface area contributed by atoms with Crippen molar-refractivity contribution >= 4 is 11.7 Å². The van der Waals surface area contributed by atoms with Crippen LogP contribution < -0.4 is 5.73 Å². The zero-order valence-electron chi connectivity index (χ0n) is 12.9. The van der Waals surface area contributed by atoms with Crippen molar-refractivity contribution in [3.8, 4) is 11.1 Å². The molecule has 0 aromatic heterocycles. The first-order chi connectivity index (χ1) is 9.76. The lowest BCUT2D eigenvalue weighted by Crippen LogP contribution is -2.23. The number of anilines is 1. The van der Waals surface area contributed by atoms with Crippen LogP contribution in [0.2, 0.25) is 0 Å². The quantitative estimate of drug-likeness (QED) is 0.664. The van der Waals surface area contributed by atoms with Gasteiger partial charge in [0.1, 0.15) is 5.60 Å². The summed E-state index contributed by atoms with van der Waals surface area (Å²) in [5, 5.41) is 0. The van der Waals surface area contributed by atoms with Gasteiger partial charge in [0, 0.05) is 5.69 Å². The van der Waals surface area contributed by atoms with Crippen LogP contribution in [-0.2, 0) is 4.74 Å². The fourth-order valence-electron chi connectivity index (χ4n) is 1.96. The molecule has 0 bridgehead atoms. The Morgan fingerprint density at radius 2 is 1.57 bits per heavy atom. The minimum absolute atomic E-state index is 0.308. The molecule has 2 aromatic rings. The molecule has 0 aliphatic rings. The van der Waals surface area contributed by atoms with E-state index in [4.69, 9.17) is 10.5 Å². The van der Waals surface area contributed by atoms with Gasteiger partial charge in [-0.15, -0.1) is 0 Å². The highest BCUT2D eigenvalue weighted by Crippen LogP contribution is 2.24. The summed E-state index contributed by atoms with van der Waals surface area (Å²) in [6.45, 7) is 7.54. The molecule has 21 heavy (non-hydrogen) atoms. The predicted molar refractivity (Wildman–Crippen MR) is 86.2 cm³/mol. The fourth-order valence-corrected chi connectivity index (χ4v) is 1.96. The highest BCUT2D eigenvalue weighted by molar-refractivity contribution is 5.90. The van der Waals surface area contributed by atoms with Gasteiger partial charge in [-0.1, -0.05) is 24.3 Å². The van der Waals surface area contributed by atoms with Crippen LogP contribution in [0.1, 0.15) is 36.7 Å². The van der Waals surface area contributed by atoms with Crippen LogP contribution in [0.15, 0.2) is 42.5 Å². The topological polar surface area (TPSA) is 52.3 Å². The predicted octanol–water partition coefficient (Wildman–Crippen LogP) is 4.20. The third-order valence-corrected chi connectivity index (χ3v) is 3.13. The maximum Gasteiger partial charge on any atom is 0.338 e. The molecule has 2 rings (SSSR count). The van der Waals surface area contributed by atoms with Gasteiger partial charge in [-0.2, -0.15) is 0 Å². The second kappa shape index (κ2) is 5.60. The molecule has 0 fully saturated rings. The van der Waals surface area contributed by atoms with Gasteiger partial charge in [0.25, 0.3) is 0 Å². The SMILES string of the molecule is Cc1ccc(-c2ccc(C(=O)OC(C)(C)C)cc2)cc1N. The van der Waals surface area contributed by atoms with Crippen LogP contribution in [0.4, 0.5) is 5.69 Å². The second-order valence-electron chi connectivity index (χ2n) is 6.15. The smallest absolute Gasteiger partial charge is 0.338 e. The molecule has 0 saturated heterocycles. The molecule has 0 radical (unpaired) electrons. The molecular weight excluding hydrogens is 262 g/mol. The highest BCUT2D eigenvalue weighted by Gasteiger charge is 2.17. The number of esters is 1. The first-order valence-corrected chi connectivity index (χ1v) is 6.96. The van der Waals surface area contributed by atoms with Crippen molar-refractivity contribution in [1.82, 2.24) is 0 Å². The molecule has 0 heterocycles. The fraction of sp³-hybridized carbons (Fsp3) is 0.278. The molecule has 0 aliphatic heterocycles. The van der Waals surface area contributed by atoms with Crippen molar-refractivity contribution in [3.05, 3.63) is 53.6 Å². The number of carbonyl (C=O) groups excluding carboxylic acids is 1. The first kappa shape index (κ1) is 15.1. The largest absolute Gasteiger partial charge is 0.456 e. The van der Waals surface area contributed by atoms with E-state index in [0.29, 0.717) is 5.56 Å². The Hall–Kier alpha value is -2.29. The molecule has 110 valence electrons. The molecule has 2 N–H and O–H groups in total.